The van der Waals surface area contributed by atoms with E-state index in [4.69, 9.17) is 0 Å². The minimum Gasteiger partial charge on any atom is -0.390 e. The van der Waals surface area contributed by atoms with E-state index >= 15 is 0 Å². The van der Waals surface area contributed by atoms with Crippen molar-refractivity contribution in [2.24, 2.45) is 11.3 Å². The number of hydrogen-bond donors (Lipinski definition) is 1. The van der Waals surface area contributed by atoms with Crippen molar-refractivity contribution in [3.8, 4) is 0 Å². The monoisotopic (exact) mass is 142 g/mol. The fraction of sp³-hybridized carbons (Fsp3) is 1.00. The summed E-state index contributed by atoms with van der Waals surface area (Å²) < 4.78 is 0. The molecule has 0 aromatic heterocycles. The Morgan fingerprint density at radius 1 is 1.30 bits per heavy atom. The van der Waals surface area contributed by atoms with Crippen molar-refractivity contribution >= 4 is 0 Å². The summed E-state index contributed by atoms with van der Waals surface area (Å²) in [5.74, 6) is 0.655. The van der Waals surface area contributed by atoms with Gasteiger partial charge in [0.2, 0.25) is 0 Å². The second kappa shape index (κ2) is 1.97. The van der Waals surface area contributed by atoms with Gasteiger partial charge in [-0.3, -0.25) is 0 Å². The molecular weight excluding hydrogens is 124 g/mol. The summed E-state index contributed by atoms with van der Waals surface area (Å²) in [5, 5.41) is 9.89. The molecule has 0 unspecified atom stereocenters. The van der Waals surface area contributed by atoms with Crippen LogP contribution in [0.2, 0.25) is 0 Å². The van der Waals surface area contributed by atoms with Gasteiger partial charge in [0.25, 0.3) is 0 Å². The molecule has 0 heterocycles. The highest BCUT2D eigenvalue weighted by Crippen LogP contribution is 2.49. The Hall–Kier alpha value is -0.0400. The normalized spacial score (nSPS) is 45.9. The average Bonchev–Trinajstić information content (AvgIpc) is 1.94. The Balaban J connectivity index is 2.84. The van der Waals surface area contributed by atoms with E-state index in [1.54, 1.807) is 0 Å². The van der Waals surface area contributed by atoms with Gasteiger partial charge in [-0.05, 0) is 31.1 Å². The van der Waals surface area contributed by atoms with Crippen LogP contribution in [0.5, 0.6) is 0 Å². The van der Waals surface area contributed by atoms with Crippen molar-refractivity contribution < 1.29 is 5.11 Å². The molecule has 1 nitrogen and oxygen atoms in total. The van der Waals surface area contributed by atoms with Gasteiger partial charge in [-0.25, -0.2) is 0 Å². The maximum Gasteiger partial charge on any atom is 0.0673 e. The van der Waals surface area contributed by atoms with E-state index < -0.39 is 5.60 Å². The standard InChI is InChI=1S/C9H18O/c1-7-5-6-9(4,10)8(7,2)3/h7,10H,5-6H2,1-4H3/t7-,9-/m1/s1. The van der Waals surface area contributed by atoms with Crippen molar-refractivity contribution in [2.75, 3.05) is 0 Å². The van der Waals surface area contributed by atoms with E-state index in [-0.39, 0.29) is 5.41 Å². The van der Waals surface area contributed by atoms with Gasteiger partial charge >= 0.3 is 0 Å². The van der Waals surface area contributed by atoms with Crippen LogP contribution in [0.25, 0.3) is 0 Å². The first-order chi connectivity index (χ1) is 4.38. The summed E-state index contributed by atoms with van der Waals surface area (Å²) in [6.07, 6.45) is 2.13. The van der Waals surface area contributed by atoms with Crippen LogP contribution in [0, 0.1) is 11.3 Å². The Morgan fingerprint density at radius 3 is 1.90 bits per heavy atom. The molecule has 1 saturated carbocycles. The van der Waals surface area contributed by atoms with Crippen molar-refractivity contribution in [1.29, 1.82) is 0 Å². The van der Waals surface area contributed by atoms with Crippen LogP contribution < -0.4 is 0 Å². The van der Waals surface area contributed by atoms with Crippen LogP contribution >= 0.6 is 0 Å². The highest BCUT2D eigenvalue weighted by molar-refractivity contribution is 4.98. The van der Waals surface area contributed by atoms with E-state index in [1.807, 2.05) is 6.92 Å². The van der Waals surface area contributed by atoms with Gasteiger partial charge in [0.1, 0.15) is 0 Å². The zero-order valence-electron chi connectivity index (χ0n) is 7.44. The molecule has 1 rings (SSSR count). The Labute approximate surface area is 63.4 Å². The maximum absolute atomic E-state index is 9.89. The number of rotatable bonds is 0. The molecule has 1 aliphatic rings. The summed E-state index contributed by atoms with van der Waals surface area (Å²) in [6, 6.07) is 0. The molecule has 0 amide bonds. The minimum absolute atomic E-state index is 0.104. The van der Waals surface area contributed by atoms with Crippen LogP contribution in [0.3, 0.4) is 0 Å². The second-order valence-electron chi connectivity index (χ2n) is 4.44. The molecule has 2 atom stereocenters. The summed E-state index contributed by atoms with van der Waals surface area (Å²) in [7, 11) is 0. The third-order valence-corrected chi connectivity index (χ3v) is 3.68. The van der Waals surface area contributed by atoms with Crippen LogP contribution in [-0.4, -0.2) is 10.7 Å². The van der Waals surface area contributed by atoms with Gasteiger partial charge < -0.3 is 5.11 Å². The fourth-order valence-electron chi connectivity index (χ4n) is 1.71. The summed E-state index contributed by atoms with van der Waals surface area (Å²) in [4.78, 5) is 0. The first-order valence-electron chi connectivity index (χ1n) is 4.10. The lowest BCUT2D eigenvalue weighted by Gasteiger charge is -2.36. The van der Waals surface area contributed by atoms with Crippen LogP contribution in [0.4, 0.5) is 0 Å². The molecule has 1 aliphatic carbocycles. The van der Waals surface area contributed by atoms with E-state index in [9.17, 15) is 5.11 Å². The molecule has 0 spiro atoms. The van der Waals surface area contributed by atoms with E-state index in [1.165, 1.54) is 6.42 Å². The molecule has 0 aromatic rings. The molecule has 1 heteroatoms. The Bertz CT molecular complexity index is 136. The molecule has 0 aliphatic heterocycles. The van der Waals surface area contributed by atoms with Crippen molar-refractivity contribution in [1.82, 2.24) is 0 Å². The SMILES string of the molecule is C[C@@H]1CC[C@@](C)(O)C1(C)C. The van der Waals surface area contributed by atoms with E-state index in [0.29, 0.717) is 5.92 Å². The largest absolute Gasteiger partial charge is 0.390 e. The van der Waals surface area contributed by atoms with Crippen LogP contribution in [0.15, 0.2) is 0 Å². The molecular formula is C9H18O. The molecule has 0 bridgehead atoms. The number of aliphatic hydroxyl groups is 1. The van der Waals surface area contributed by atoms with Crippen molar-refractivity contribution in [2.45, 2.75) is 46.1 Å². The van der Waals surface area contributed by atoms with Crippen LogP contribution in [-0.2, 0) is 0 Å². The Kier molecular flexibility index (Phi) is 1.59. The highest BCUT2D eigenvalue weighted by atomic mass is 16.3. The quantitative estimate of drug-likeness (QED) is 0.549. The smallest absolute Gasteiger partial charge is 0.0673 e. The van der Waals surface area contributed by atoms with E-state index in [2.05, 4.69) is 20.8 Å². The van der Waals surface area contributed by atoms with Gasteiger partial charge in [-0.1, -0.05) is 20.8 Å². The van der Waals surface area contributed by atoms with Gasteiger partial charge in [0.05, 0.1) is 5.60 Å². The molecule has 1 N–H and O–H groups in total. The third kappa shape index (κ3) is 0.878. The third-order valence-electron chi connectivity index (χ3n) is 3.68. The first kappa shape index (κ1) is 8.06. The van der Waals surface area contributed by atoms with E-state index in [0.717, 1.165) is 6.42 Å². The Morgan fingerprint density at radius 2 is 1.80 bits per heavy atom. The van der Waals surface area contributed by atoms with Gasteiger partial charge in [0.15, 0.2) is 0 Å². The zero-order valence-corrected chi connectivity index (χ0v) is 7.44. The minimum atomic E-state index is -0.438. The molecule has 0 aromatic carbocycles. The van der Waals surface area contributed by atoms with Gasteiger partial charge in [-0.15, -0.1) is 0 Å². The fourth-order valence-corrected chi connectivity index (χ4v) is 1.71. The zero-order chi connectivity index (χ0) is 7.99. The van der Waals surface area contributed by atoms with Gasteiger partial charge in [-0.2, -0.15) is 0 Å². The topological polar surface area (TPSA) is 20.2 Å². The molecule has 10 heavy (non-hydrogen) atoms. The molecule has 60 valence electrons. The first-order valence-corrected chi connectivity index (χ1v) is 4.10. The maximum atomic E-state index is 9.89. The predicted octanol–water partition coefficient (Wildman–Crippen LogP) is 2.19. The molecule has 0 saturated heterocycles. The summed E-state index contributed by atoms with van der Waals surface area (Å²) in [6.45, 7) is 8.49. The van der Waals surface area contributed by atoms with Crippen molar-refractivity contribution in [3.05, 3.63) is 0 Å². The van der Waals surface area contributed by atoms with Crippen LogP contribution in [0.1, 0.15) is 40.5 Å². The lowest BCUT2D eigenvalue weighted by atomic mass is 9.74. The predicted molar refractivity (Wildman–Crippen MR) is 42.8 cm³/mol. The lowest BCUT2D eigenvalue weighted by Crippen LogP contribution is -2.39. The second-order valence-corrected chi connectivity index (χ2v) is 4.44. The molecule has 0 radical (unpaired) electrons. The van der Waals surface area contributed by atoms with Crippen molar-refractivity contribution in [3.63, 3.8) is 0 Å². The summed E-state index contributed by atoms with van der Waals surface area (Å²) in [5.41, 5.74) is -0.334. The molecule has 1 fully saturated rings. The summed E-state index contributed by atoms with van der Waals surface area (Å²) >= 11 is 0. The van der Waals surface area contributed by atoms with Gasteiger partial charge in [0, 0.05) is 0 Å². The average molecular weight is 142 g/mol. The number of hydrogen-bond acceptors (Lipinski definition) is 1. The highest BCUT2D eigenvalue weighted by Gasteiger charge is 2.48. The lowest BCUT2D eigenvalue weighted by molar-refractivity contribution is -0.0395.